The quantitative estimate of drug-likeness (QED) is 0.281. The SMILES string of the molecule is NNC(=O)[C@@H]1CC=C(Cl)C[C@H]1C(=O)NN. The highest BCUT2D eigenvalue weighted by Crippen LogP contribution is 2.31. The van der Waals surface area contributed by atoms with Crippen molar-refractivity contribution < 1.29 is 9.59 Å². The molecule has 2 amide bonds. The Morgan fingerprint density at radius 1 is 1.27 bits per heavy atom. The molecule has 0 aromatic heterocycles. The fourth-order valence-corrected chi connectivity index (χ4v) is 1.89. The minimum absolute atomic E-state index is 0.308. The number of rotatable bonds is 2. The van der Waals surface area contributed by atoms with Gasteiger partial charge < -0.3 is 0 Å². The van der Waals surface area contributed by atoms with Crippen molar-refractivity contribution in [1.29, 1.82) is 0 Å². The van der Waals surface area contributed by atoms with Crippen LogP contribution in [0.25, 0.3) is 0 Å². The number of hydrogen-bond acceptors (Lipinski definition) is 4. The molecule has 2 atom stereocenters. The number of nitrogens with one attached hydrogen (secondary N) is 2. The Labute approximate surface area is 91.9 Å². The summed E-state index contributed by atoms with van der Waals surface area (Å²) in [7, 11) is 0. The third-order valence-electron chi connectivity index (χ3n) is 2.45. The zero-order valence-electron chi connectivity index (χ0n) is 8.00. The molecule has 15 heavy (non-hydrogen) atoms. The van der Waals surface area contributed by atoms with Crippen molar-refractivity contribution in [2.45, 2.75) is 12.8 Å². The van der Waals surface area contributed by atoms with Crippen molar-refractivity contribution in [2.75, 3.05) is 0 Å². The van der Waals surface area contributed by atoms with Gasteiger partial charge >= 0.3 is 0 Å². The average Bonchev–Trinajstić information content (AvgIpc) is 2.26. The summed E-state index contributed by atoms with van der Waals surface area (Å²) in [6.07, 6.45) is 2.41. The van der Waals surface area contributed by atoms with Crippen molar-refractivity contribution in [3.05, 3.63) is 11.1 Å². The van der Waals surface area contributed by atoms with Crippen molar-refractivity contribution in [1.82, 2.24) is 10.9 Å². The molecule has 0 saturated heterocycles. The third kappa shape index (κ3) is 2.68. The van der Waals surface area contributed by atoms with Crippen LogP contribution in [0.3, 0.4) is 0 Å². The van der Waals surface area contributed by atoms with Crippen molar-refractivity contribution in [3.8, 4) is 0 Å². The predicted octanol–water partition coefficient (Wildman–Crippen LogP) is -0.885. The van der Waals surface area contributed by atoms with Gasteiger partial charge in [0.15, 0.2) is 0 Å². The van der Waals surface area contributed by atoms with Gasteiger partial charge in [-0.05, 0) is 12.8 Å². The fourth-order valence-electron chi connectivity index (χ4n) is 1.63. The number of hydrogen-bond donors (Lipinski definition) is 4. The van der Waals surface area contributed by atoms with Gasteiger partial charge in [-0.1, -0.05) is 17.7 Å². The van der Waals surface area contributed by atoms with E-state index in [1.54, 1.807) is 6.08 Å². The maximum Gasteiger partial charge on any atom is 0.238 e. The van der Waals surface area contributed by atoms with Gasteiger partial charge in [-0.25, -0.2) is 11.7 Å². The highest BCUT2D eigenvalue weighted by atomic mass is 35.5. The lowest BCUT2D eigenvalue weighted by atomic mass is 9.82. The predicted molar refractivity (Wildman–Crippen MR) is 54.8 cm³/mol. The zero-order chi connectivity index (χ0) is 11.4. The van der Waals surface area contributed by atoms with Gasteiger partial charge in [0.1, 0.15) is 0 Å². The molecule has 0 aromatic rings. The molecule has 6 N–H and O–H groups in total. The summed E-state index contributed by atoms with van der Waals surface area (Å²) in [5.74, 6) is 8.19. The minimum atomic E-state index is -0.559. The smallest absolute Gasteiger partial charge is 0.238 e. The van der Waals surface area contributed by atoms with Crippen LogP contribution in [0.4, 0.5) is 0 Å². The number of allylic oxidation sites excluding steroid dienone is 2. The molecule has 1 aliphatic rings. The Morgan fingerprint density at radius 3 is 2.33 bits per heavy atom. The zero-order valence-corrected chi connectivity index (χ0v) is 8.75. The van der Waals surface area contributed by atoms with Gasteiger partial charge in [-0.3, -0.25) is 20.4 Å². The van der Waals surface area contributed by atoms with E-state index in [2.05, 4.69) is 0 Å². The lowest BCUT2D eigenvalue weighted by Gasteiger charge is -2.26. The highest BCUT2D eigenvalue weighted by molar-refractivity contribution is 6.29. The molecular weight excluding hydrogens is 220 g/mol. The lowest BCUT2D eigenvalue weighted by Crippen LogP contribution is -2.46. The van der Waals surface area contributed by atoms with Gasteiger partial charge in [0.2, 0.25) is 11.8 Å². The van der Waals surface area contributed by atoms with E-state index >= 15 is 0 Å². The average molecular weight is 233 g/mol. The van der Waals surface area contributed by atoms with E-state index in [0.29, 0.717) is 17.9 Å². The summed E-state index contributed by atoms with van der Waals surface area (Å²) < 4.78 is 0. The first-order chi connectivity index (χ1) is 7.10. The van der Waals surface area contributed by atoms with Gasteiger partial charge in [-0.2, -0.15) is 0 Å². The monoisotopic (exact) mass is 232 g/mol. The number of carbonyl (C=O) groups excluding carboxylic acids is 2. The number of hydrazine groups is 2. The van der Waals surface area contributed by atoms with Crippen molar-refractivity contribution in [3.63, 3.8) is 0 Å². The third-order valence-corrected chi connectivity index (χ3v) is 2.76. The molecule has 1 aliphatic carbocycles. The topological polar surface area (TPSA) is 110 Å². The summed E-state index contributed by atoms with van der Waals surface area (Å²) in [6, 6.07) is 0. The van der Waals surface area contributed by atoms with Crippen LogP contribution in [-0.2, 0) is 9.59 Å². The Bertz CT molecular complexity index is 305. The maximum absolute atomic E-state index is 11.4. The summed E-state index contributed by atoms with van der Waals surface area (Å²) >= 11 is 5.80. The largest absolute Gasteiger partial charge is 0.294 e. The first-order valence-electron chi connectivity index (χ1n) is 4.45. The Balaban J connectivity index is 2.84. The lowest BCUT2D eigenvalue weighted by molar-refractivity contribution is -0.135. The van der Waals surface area contributed by atoms with Gasteiger partial charge in [0, 0.05) is 5.03 Å². The van der Waals surface area contributed by atoms with Crippen LogP contribution in [0, 0.1) is 11.8 Å². The van der Waals surface area contributed by atoms with Crippen LogP contribution < -0.4 is 22.5 Å². The minimum Gasteiger partial charge on any atom is -0.294 e. The summed E-state index contributed by atoms with van der Waals surface area (Å²) in [6.45, 7) is 0. The van der Waals surface area contributed by atoms with Crippen LogP contribution in [0.5, 0.6) is 0 Å². The molecule has 1 rings (SSSR count). The van der Waals surface area contributed by atoms with E-state index in [-0.39, 0.29) is 5.91 Å². The van der Waals surface area contributed by atoms with E-state index in [9.17, 15) is 9.59 Å². The Hall–Kier alpha value is -1.11. The van der Waals surface area contributed by atoms with E-state index < -0.39 is 17.7 Å². The highest BCUT2D eigenvalue weighted by Gasteiger charge is 2.35. The normalized spacial score (nSPS) is 25.4. The second kappa shape index (κ2) is 5.11. The molecule has 0 aromatic carbocycles. The van der Waals surface area contributed by atoms with Gasteiger partial charge in [0.05, 0.1) is 11.8 Å². The number of nitrogens with two attached hydrogens (primary N) is 2. The molecule has 0 heterocycles. The van der Waals surface area contributed by atoms with Crippen molar-refractivity contribution >= 4 is 23.4 Å². The Kier molecular flexibility index (Phi) is 4.07. The van der Waals surface area contributed by atoms with Crippen LogP contribution in [0.2, 0.25) is 0 Å². The molecule has 0 fully saturated rings. The number of halogens is 1. The van der Waals surface area contributed by atoms with Crippen LogP contribution >= 0.6 is 11.6 Å². The summed E-state index contributed by atoms with van der Waals surface area (Å²) in [5.41, 5.74) is 4.04. The van der Waals surface area contributed by atoms with Gasteiger partial charge in [0.25, 0.3) is 0 Å². The van der Waals surface area contributed by atoms with Crippen molar-refractivity contribution in [2.24, 2.45) is 23.5 Å². The molecule has 0 unspecified atom stereocenters. The first kappa shape index (κ1) is 12.0. The molecule has 0 radical (unpaired) electrons. The molecule has 0 aliphatic heterocycles. The Morgan fingerprint density at radius 2 is 1.80 bits per heavy atom. The molecule has 0 saturated carbocycles. The van der Waals surface area contributed by atoms with E-state index in [4.69, 9.17) is 23.3 Å². The van der Waals surface area contributed by atoms with Crippen LogP contribution in [0.15, 0.2) is 11.1 Å². The molecule has 84 valence electrons. The standard InChI is InChI=1S/C8H13ClN4O2/c9-4-1-2-5(7(14)12-10)6(3-4)8(15)13-11/h1,5-6H,2-3,10-11H2,(H,12,14)(H,13,15)/t5-,6-/m1/s1. The van der Waals surface area contributed by atoms with E-state index in [1.165, 1.54) is 0 Å². The van der Waals surface area contributed by atoms with E-state index in [1.807, 2.05) is 10.9 Å². The van der Waals surface area contributed by atoms with E-state index in [0.717, 1.165) is 0 Å². The van der Waals surface area contributed by atoms with Crippen LogP contribution in [-0.4, -0.2) is 11.8 Å². The molecule has 6 nitrogen and oxygen atoms in total. The second-order valence-electron chi connectivity index (χ2n) is 3.32. The molecule has 0 spiro atoms. The fraction of sp³-hybridized carbons (Fsp3) is 0.500. The molecule has 7 heteroatoms. The molecular formula is C8H13ClN4O2. The maximum atomic E-state index is 11.4. The van der Waals surface area contributed by atoms with Gasteiger partial charge in [-0.15, -0.1) is 0 Å². The van der Waals surface area contributed by atoms with Crippen LogP contribution in [0.1, 0.15) is 12.8 Å². The molecule has 0 bridgehead atoms. The second-order valence-corrected chi connectivity index (χ2v) is 3.81. The number of carbonyl (C=O) groups is 2. The summed E-state index contributed by atoms with van der Waals surface area (Å²) in [5, 5.41) is 0.560. The summed E-state index contributed by atoms with van der Waals surface area (Å²) in [4.78, 5) is 22.8. The number of amides is 2. The first-order valence-corrected chi connectivity index (χ1v) is 4.83.